The number of carbonyl (C=O) groups is 1. The van der Waals surface area contributed by atoms with E-state index < -0.39 is 0 Å². The number of rotatable bonds is 4. The summed E-state index contributed by atoms with van der Waals surface area (Å²) in [7, 11) is 0. The van der Waals surface area contributed by atoms with Gasteiger partial charge in [0.1, 0.15) is 0 Å². The zero-order valence-electron chi connectivity index (χ0n) is 14.5. The quantitative estimate of drug-likeness (QED) is 0.835. The van der Waals surface area contributed by atoms with Crippen molar-refractivity contribution in [2.75, 3.05) is 19.6 Å². The Morgan fingerprint density at radius 3 is 2.68 bits per heavy atom. The molecule has 1 aliphatic heterocycles. The molecule has 5 atom stereocenters. The van der Waals surface area contributed by atoms with Crippen LogP contribution in [0.15, 0.2) is 0 Å². The average Bonchev–Trinajstić information content (AvgIpc) is 3.05. The Balaban J connectivity index is 1.46. The number of fused-ring (bicyclic) bond motifs is 2. The smallest absolute Gasteiger partial charge is 0.234 e. The number of hydrogen-bond donors (Lipinski definition) is 2. The SMILES string of the molecule is CC(NC(=O)CN1CCC(N)C(C)(C)C1)C1CC2CCC1C2. The zero-order valence-corrected chi connectivity index (χ0v) is 14.5. The number of nitrogens with one attached hydrogen (secondary N) is 1. The first-order valence-electron chi connectivity index (χ1n) is 9.12. The summed E-state index contributed by atoms with van der Waals surface area (Å²) in [4.78, 5) is 14.7. The van der Waals surface area contributed by atoms with Crippen LogP contribution in [0.1, 0.15) is 52.9 Å². The maximum atomic E-state index is 12.4. The molecule has 0 aromatic heterocycles. The molecule has 3 fully saturated rings. The van der Waals surface area contributed by atoms with Crippen LogP contribution >= 0.6 is 0 Å². The lowest BCUT2D eigenvalue weighted by molar-refractivity contribution is -0.124. The molecule has 4 nitrogen and oxygen atoms in total. The van der Waals surface area contributed by atoms with E-state index in [1.165, 1.54) is 25.7 Å². The van der Waals surface area contributed by atoms with Gasteiger partial charge in [-0.15, -0.1) is 0 Å². The van der Waals surface area contributed by atoms with Crippen molar-refractivity contribution in [2.45, 2.75) is 65.0 Å². The number of piperidine rings is 1. The second kappa shape index (κ2) is 6.12. The highest BCUT2D eigenvalue weighted by Gasteiger charge is 2.42. The first-order valence-corrected chi connectivity index (χ1v) is 9.12. The molecular weight excluding hydrogens is 274 g/mol. The Morgan fingerprint density at radius 2 is 2.09 bits per heavy atom. The average molecular weight is 307 g/mol. The van der Waals surface area contributed by atoms with Crippen molar-refractivity contribution in [3.05, 3.63) is 0 Å². The summed E-state index contributed by atoms with van der Waals surface area (Å²) in [6.07, 6.45) is 6.53. The third-order valence-corrected chi connectivity index (χ3v) is 6.58. The standard InChI is InChI=1S/C18H33N3O/c1-12(15-9-13-4-5-14(15)8-13)20-17(22)10-21-7-6-16(19)18(2,3)11-21/h12-16H,4-11,19H2,1-3H3,(H,20,22). The van der Waals surface area contributed by atoms with E-state index in [9.17, 15) is 4.79 Å². The topological polar surface area (TPSA) is 58.4 Å². The lowest BCUT2D eigenvalue weighted by Crippen LogP contribution is -2.55. The Morgan fingerprint density at radius 1 is 1.32 bits per heavy atom. The normalized spacial score (nSPS) is 38.9. The molecule has 3 N–H and O–H groups in total. The van der Waals surface area contributed by atoms with Gasteiger partial charge in [0, 0.05) is 25.2 Å². The van der Waals surface area contributed by atoms with Crippen molar-refractivity contribution in [1.82, 2.24) is 10.2 Å². The lowest BCUT2D eigenvalue weighted by atomic mass is 9.80. The number of nitrogens with zero attached hydrogens (tertiary/aromatic N) is 1. The first-order chi connectivity index (χ1) is 10.3. The fourth-order valence-electron chi connectivity index (χ4n) is 5.14. The monoisotopic (exact) mass is 307 g/mol. The lowest BCUT2D eigenvalue weighted by Gasteiger charge is -2.42. The maximum Gasteiger partial charge on any atom is 0.234 e. The van der Waals surface area contributed by atoms with Crippen molar-refractivity contribution in [1.29, 1.82) is 0 Å². The van der Waals surface area contributed by atoms with Gasteiger partial charge in [-0.3, -0.25) is 9.69 Å². The van der Waals surface area contributed by atoms with Crippen molar-refractivity contribution in [3.8, 4) is 0 Å². The molecule has 1 heterocycles. The minimum atomic E-state index is 0.106. The number of hydrogen-bond acceptors (Lipinski definition) is 3. The molecule has 0 spiro atoms. The van der Waals surface area contributed by atoms with E-state index in [1.54, 1.807) is 0 Å². The summed E-state index contributed by atoms with van der Waals surface area (Å²) in [5.41, 5.74) is 6.28. The van der Waals surface area contributed by atoms with Crippen LogP contribution in [0.5, 0.6) is 0 Å². The maximum absolute atomic E-state index is 12.4. The molecule has 2 bridgehead atoms. The van der Waals surface area contributed by atoms with Gasteiger partial charge in [0.15, 0.2) is 0 Å². The van der Waals surface area contributed by atoms with Gasteiger partial charge in [-0.2, -0.15) is 0 Å². The van der Waals surface area contributed by atoms with Crippen LogP contribution in [-0.2, 0) is 4.79 Å². The summed E-state index contributed by atoms with van der Waals surface area (Å²) in [6.45, 7) is 9.02. The molecule has 2 saturated carbocycles. The molecule has 1 saturated heterocycles. The van der Waals surface area contributed by atoms with Gasteiger partial charge in [0.2, 0.25) is 5.91 Å². The fraction of sp³-hybridized carbons (Fsp3) is 0.944. The van der Waals surface area contributed by atoms with Crippen LogP contribution in [0.25, 0.3) is 0 Å². The first kappa shape index (κ1) is 16.3. The Hall–Kier alpha value is -0.610. The summed E-state index contributed by atoms with van der Waals surface area (Å²) in [5, 5.41) is 3.28. The van der Waals surface area contributed by atoms with Crippen LogP contribution in [-0.4, -0.2) is 42.5 Å². The third-order valence-electron chi connectivity index (χ3n) is 6.58. The molecule has 1 amide bonds. The van der Waals surface area contributed by atoms with Crippen LogP contribution < -0.4 is 11.1 Å². The van der Waals surface area contributed by atoms with Crippen molar-refractivity contribution in [2.24, 2.45) is 28.9 Å². The van der Waals surface area contributed by atoms with Gasteiger partial charge >= 0.3 is 0 Å². The summed E-state index contributed by atoms with van der Waals surface area (Å²) >= 11 is 0. The second-order valence-corrected chi connectivity index (χ2v) is 8.79. The minimum absolute atomic E-state index is 0.106. The Labute approximate surface area is 135 Å². The molecule has 0 aromatic carbocycles. The van der Waals surface area contributed by atoms with Crippen molar-refractivity contribution >= 4 is 5.91 Å². The Bertz CT molecular complexity index is 417. The van der Waals surface area contributed by atoms with Gasteiger partial charge in [-0.1, -0.05) is 20.3 Å². The van der Waals surface area contributed by atoms with E-state index in [1.807, 2.05) is 0 Å². The highest BCUT2D eigenvalue weighted by Crippen LogP contribution is 2.49. The van der Waals surface area contributed by atoms with Gasteiger partial charge in [0.05, 0.1) is 6.54 Å². The predicted octanol–water partition coefficient (Wildman–Crippen LogP) is 1.99. The van der Waals surface area contributed by atoms with E-state index in [0.29, 0.717) is 18.5 Å². The van der Waals surface area contributed by atoms with Gasteiger partial charge in [-0.05, 0) is 55.8 Å². The van der Waals surface area contributed by atoms with Gasteiger partial charge in [0.25, 0.3) is 0 Å². The summed E-state index contributed by atoms with van der Waals surface area (Å²) in [5.74, 6) is 2.72. The minimum Gasteiger partial charge on any atom is -0.352 e. The van der Waals surface area contributed by atoms with Crippen LogP contribution in [0.4, 0.5) is 0 Å². The molecular formula is C18H33N3O. The highest BCUT2D eigenvalue weighted by molar-refractivity contribution is 5.78. The third kappa shape index (κ3) is 3.33. The number of nitrogens with two attached hydrogens (primary N) is 1. The molecule has 22 heavy (non-hydrogen) atoms. The van der Waals surface area contributed by atoms with E-state index in [-0.39, 0.29) is 17.4 Å². The van der Waals surface area contributed by atoms with Crippen LogP contribution in [0.3, 0.4) is 0 Å². The molecule has 126 valence electrons. The van der Waals surface area contributed by atoms with Crippen LogP contribution in [0.2, 0.25) is 0 Å². The van der Waals surface area contributed by atoms with E-state index in [2.05, 4.69) is 31.0 Å². The van der Waals surface area contributed by atoms with Crippen molar-refractivity contribution in [3.63, 3.8) is 0 Å². The van der Waals surface area contributed by atoms with E-state index in [0.717, 1.165) is 31.3 Å². The summed E-state index contributed by atoms with van der Waals surface area (Å²) < 4.78 is 0. The Kier molecular flexibility index (Phi) is 4.52. The second-order valence-electron chi connectivity index (χ2n) is 8.79. The molecule has 3 rings (SSSR count). The molecule has 0 aromatic rings. The highest BCUT2D eigenvalue weighted by atomic mass is 16.2. The largest absolute Gasteiger partial charge is 0.352 e. The predicted molar refractivity (Wildman–Crippen MR) is 89.4 cm³/mol. The molecule has 0 radical (unpaired) electrons. The molecule has 4 heteroatoms. The van der Waals surface area contributed by atoms with E-state index in [4.69, 9.17) is 5.73 Å². The number of carbonyl (C=O) groups excluding carboxylic acids is 1. The molecule has 2 aliphatic carbocycles. The zero-order chi connectivity index (χ0) is 15.9. The summed E-state index contributed by atoms with van der Waals surface area (Å²) in [6, 6.07) is 0.586. The van der Waals surface area contributed by atoms with Gasteiger partial charge in [-0.25, -0.2) is 0 Å². The van der Waals surface area contributed by atoms with Crippen molar-refractivity contribution < 1.29 is 4.79 Å². The van der Waals surface area contributed by atoms with E-state index >= 15 is 0 Å². The van der Waals surface area contributed by atoms with Crippen LogP contribution in [0, 0.1) is 23.2 Å². The number of amides is 1. The molecule has 5 unspecified atom stereocenters. The number of likely N-dealkylation sites (tertiary alicyclic amines) is 1. The van der Waals surface area contributed by atoms with Gasteiger partial charge < -0.3 is 11.1 Å². The molecule has 3 aliphatic rings. The fourth-order valence-corrected chi connectivity index (χ4v) is 5.14.